The van der Waals surface area contributed by atoms with Gasteiger partial charge in [0.15, 0.2) is 0 Å². The van der Waals surface area contributed by atoms with Crippen molar-refractivity contribution in [3.63, 3.8) is 0 Å². The van der Waals surface area contributed by atoms with Gasteiger partial charge in [0.1, 0.15) is 17.3 Å². The Morgan fingerprint density at radius 1 is 0.923 bits per heavy atom. The molecule has 0 fully saturated rings. The fraction of sp³-hybridized carbons (Fsp3) is 0.188. The van der Waals surface area contributed by atoms with Crippen LogP contribution < -0.4 is 14.8 Å². The van der Waals surface area contributed by atoms with E-state index in [4.69, 9.17) is 9.47 Å². The van der Waals surface area contributed by atoms with Gasteiger partial charge < -0.3 is 19.7 Å². The monoisotopic (exact) mass is 524 g/mol. The predicted octanol–water partition coefficient (Wildman–Crippen LogP) is 6.27. The third kappa shape index (κ3) is 5.21. The number of fused-ring (bicyclic) bond motifs is 1. The summed E-state index contributed by atoms with van der Waals surface area (Å²) >= 11 is 0. The van der Waals surface area contributed by atoms with Crippen LogP contribution in [0.1, 0.15) is 44.6 Å². The highest BCUT2D eigenvalue weighted by Gasteiger charge is 2.44. The SMILES string of the molecule is COc1ccc(C2C(C(=O)Nc3cc(C)ccc3OC)c3ccccc3C(=O)N2Cc2ccc(F)cc2)cc1. The first-order chi connectivity index (χ1) is 18.9. The van der Waals surface area contributed by atoms with Crippen LogP contribution in [0.5, 0.6) is 11.5 Å². The molecule has 4 aromatic carbocycles. The third-order valence-corrected chi connectivity index (χ3v) is 7.06. The predicted molar refractivity (Wildman–Crippen MR) is 148 cm³/mol. The molecule has 7 heteroatoms. The third-order valence-electron chi connectivity index (χ3n) is 7.06. The number of carbonyl (C=O) groups excluding carboxylic acids is 2. The molecule has 198 valence electrons. The molecule has 0 saturated heterocycles. The van der Waals surface area contributed by atoms with E-state index in [0.717, 1.165) is 16.7 Å². The highest BCUT2D eigenvalue weighted by atomic mass is 19.1. The van der Waals surface area contributed by atoms with Crippen LogP contribution in [0.25, 0.3) is 0 Å². The van der Waals surface area contributed by atoms with Crippen LogP contribution in [0, 0.1) is 12.7 Å². The van der Waals surface area contributed by atoms with Crippen LogP contribution in [0.3, 0.4) is 0 Å². The number of anilines is 1. The van der Waals surface area contributed by atoms with Crippen molar-refractivity contribution in [2.75, 3.05) is 19.5 Å². The number of amides is 2. The number of methoxy groups -OCH3 is 2. The summed E-state index contributed by atoms with van der Waals surface area (Å²) in [5.41, 5.74) is 4.15. The van der Waals surface area contributed by atoms with Crippen molar-refractivity contribution in [1.29, 1.82) is 0 Å². The van der Waals surface area contributed by atoms with Crippen molar-refractivity contribution in [2.24, 2.45) is 0 Å². The Hall–Kier alpha value is -4.65. The number of halogens is 1. The average molecular weight is 525 g/mol. The van der Waals surface area contributed by atoms with Gasteiger partial charge in [-0.1, -0.05) is 48.5 Å². The standard InChI is InChI=1S/C32H29FN2O4/c1-20-8-17-28(39-3)27(18-20)34-31(36)29-25-6-4-5-7-26(25)32(37)35(19-21-9-13-23(33)14-10-21)30(29)22-11-15-24(38-2)16-12-22/h4-18,29-30H,19H2,1-3H3,(H,34,36). The Morgan fingerprint density at radius 2 is 1.64 bits per heavy atom. The molecule has 0 spiro atoms. The zero-order valence-corrected chi connectivity index (χ0v) is 22.0. The van der Waals surface area contributed by atoms with Crippen molar-refractivity contribution >= 4 is 17.5 Å². The number of nitrogens with one attached hydrogen (secondary N) is 1. The normalized spacial score (nSPS) is 16.4. The summed E-state index contributed by atoms with van der Waals surface area (Å²) in [7, 11) is 3.14. The van der Waals surface area contributed by atoms with E-state index in [1.54, 1.807) is 43.4 Å². The van der Waals surface area contributed by atoms with E-state index in [1.165, 1.54) is 12.1 Å². The molecule has 0 radical (unpaired) electrons. The molecule has 1 N–H and O–H groups in total. The number of carbonyl (C=O) groups is 2. The Kier molecular flexibility index (Phi) is 7.32. The fourth-order valence-corrected chi connectivity index (χ4v) is 5.14. The maximum atomic E-state index is 14.2. The lowest BCUT2D eigenvalue weighted by atomic mass is 9.79. The Morgan fingerprint density at radius 3 is 2.33 bits per heavy atom. The molecule has 5 rings (SSSR count). The highest BCUT2D eigenvalue weighted by Crippen LogP contribution is 2.44. The molecular formula is C32H29FN2O4. The maximum absolute atomic E-state index is 14.2. The van der Waals surface area contributed by atoms with E-state index in [0.29, 0.717) is 28.3 Å². The molecule has 0 aliphatic carbocycles. The summed E-state index contributed by atoms with van der Waals surface area (Å²) in [4.78, 5) is 29.8. The average Bonchev–Trinajstić information content (AvgIpc) is 2.95. The van der Waals surface area contributed by atoms with Crippen LogP contribution >= 0.6 is 0 Å². The van der Waals surface area contributed by atoms with E-state index in [-0.39, 0.29) is 24.2 Å². The van der Waals surface area contributed by atoms with E-state index < -0.39 is 12.0 Å². The molecule has 39 heavy (non-hydrogen) atoms. The summed E-state index contributed by atoms with van der Waals surface area (Å²) < 4.78 is 24.5. The molecular weight excluding hydrogens is 495 g/mol. The lowest BCUT2D eigenvalue weighted by molar-refractivity contribution is -0.119. The second-order valence-corrected chi connectivity index (χ2v) is 9.54. The first-order valence-corrected chi connectivity index (χ1v) is 12.6. The lowest BCUT2D eigenvalue weighted by Gasteiger charge is -2.42. The van der Waals surface area contributed by atoms with Gasteiger partial charge in [-0.25, -0.2) is 4.39 Å². The van der Waals surface area contributed by atoms with Gasteiger partial charge in [0, 0.05) is 12.1 Å². The van der Waals surface area contributed by atoms with Gasteiger partial charge in [0.05, 0.1) is 31.9 Å². The smallest absolute Gasteiger partial charge is 0.255 e. The topological polar surface area (TPSA) is 67.9 Å². The van der Waals surface area contributed by atoms with Crippen molar-refractivity contribution in [1.82, 2.24) is 4.90 Å². The summed E-state index contributed by atoms with van der Waals surface area (Å²) in [5.74, 6) is -0.366. The molecule has 2 unspecified atom stereocenters. The van der Waals surface area contributed by atoms with Gasteiger partial charge in [-0.05, 0) is 71.6 Å². The number of aryl methyl sites for hydroxylation is 1. The van der Waals surface area contributed by atoms with Crippen molar-refractivity contribution in [3.8, 4) is 11.5 Å². The largest absolute Gasteiger partial charge is 0.497 e. The number of ether oxygens (including phenoxy) is 2. The molecule has 2 atom stereocenters. The van der Waals surface area contributed by atoms with Crippen molar-refractivity contribution in [2.45, 2.75) is 25.4 Å². The van der Waals surface area contributed by atoms with E-state index in [1.807, 2.05) is 61.5 Å². The van der Waals surface area contributed by atoms with Crippen LogP contribution in [-0.2, 0) is 11.3 Å². The van der Waals surface area contributed by atoms with Gasteiger partial charge in [0.25, 0.3) is 5.91 Å². The second-order valence-electron chi connectivity index (χ2n) is 9.54. The van der Waals surface area contributed by atoms with Gasteiger partial charge in [-0.15, -0.1) is 0 Å². The Labute approximate surface area is 227 Å². The molecule has 4 aromatic rings. The van der Waals surface area contributed by atoms with Gasteiger partial charge in [0.2, 0.25) is 5.91 Å². The fourth-order valence-electron chi connectivity index (χ4n) is 5.14. The van der Waals surface area contributed by atoms with Crippen LogP contribution in [0.4, 0.5) is 10.1 Å². The minimum atomic E-state index is -0.738. The highest BCUT2D eigenvalue weighted by molar-refractivity contribution is 6.04. The molecule has 0 saturated carbocycles. The molecule has 1 aliphatic heterocycles. The van der Waals surface area contributed by atoms with E-state index in [2.05, 4.69) is 5.32 Å². The lowest BCUT2D eigenvalue weighted by Crippen LogP contribution is -2.45. The second kappa shape index (κ2) is 11.0. The number of hydrogen-bond acceptors (Lipinski definition) is 4. The summed E-state index contributed by atoms with van der Waals surface area (Å²) in [6, 6.07) is 25.6. The van der Waals surface area contributed by atoms with Crippen molar-refractivity contribution in [3.05, 3.63) is 125 Å². The molecule has 2 amide bonds. The first kappa shape index (κ1) is 26.0. The van der Waals surface area contributed by atoms with Crippen LogP contribution in [0.2, 0.25) is 0 Å². The Balaban J connectivity index is 1.64. The van der Waals surface area contributed by atoms with Gasteiger partial charge in [-0.2, -0.15) is 0 Å². The minimum Gasteiger partial charge on any atom is -0.497 e. The molecule has 1 aliphatic rings. The summed E-state index contributed by atoms with van der Waals surface area (Å²) in [6.45, 7) is 2.13. The van der Waals surface area contributed by atoms with Gasteiger partial charge in [-0.3, -0.25) is 9.59 Å². The molecule has 6 nitrogen and oxygen atoms in total. The van der Waals surface area contributed by atoms with Crippen LogP contribution in [0.15, 0.2) is 91.0 Å². The number of hydrogen-bond donors (Lipinski definition) is 1. The molecule has 0 aromatic heterocycles. The van der Waals surface area contributed by atoms with Crippen molar-refractivity contribution < 1.29 is 23.5 Å². The number of rotatable bonds is 7. The van der Waals surface area contributed by atoms with Gasteiger partial charge >= 0.3 is 0 Å². The Bertz CT molecular complexity index is 1500. The first-order valence-electron chi connectivity index (χ1n) is 12.6. The summed E-state index contributed by atoms with van der Waals surface area (Å²) in [6.07, 6.45) is 0. The number of benzene rings is 4. The zero-order chi connectivity index (χ0) is 27.5. The zero-order valence-electron chi connectivity index (χ0n) is 22.0. The summed E-state index contributed by atoms with van der Waals surface area (Å²) in [5, 5.41) is 3.07. The number of nitrogens with zero attached hydrogens (tertiary/aromatic N) is 1. The maximum Gasteiger partial charge on any atom is 0.255 e. The van der Waals surface area contributed by atoms with E-state index >= 15 is 0 Å². The quantitative estimate of drug-likeness (QED) is 0.309. The van der Waals surface area contributed by atoms with Crippen LogP contribution in [-0.4, -0.2) is 30.9 Å². The molecule has 1 heterocycles. The van der Waals surface area contributed by atoms with E-state index in [9.17, 15) is 14.0 Å². The molecule has 0 bridgehead atoms. The minimum absolute atomic E-state index is 0.196.